The van der Waals surface area contributed by atoms with Gasteiger partial charge in [0, 0.05) is 58.3 Å². The molecule has 21 heavy (non-hydrogen) atoms. The van der Waals surface area contributed by atoms with Crippen LogP contribution in [0.2, 0.25) is 0 Å². The topological polar surface area (TPSA) is 29.4 Å². The van der Waals surface area contributed by atoms with Gasteiger partial charge in [0.2, 0.25) is 0 Å². The first-order chi connectivity index (χ1) is 9.36. The van der Waals surface area contributed by atoms with E-state index in [9.17, 15) is 0 Å². The molecule has 0 amide bonds. The summed E-state index contributed by atoms with van der Waals surface area (Å²) in [6.45, 7) is 6.41. The van der Waals surface area contributed by atoms with E-state index in [-0.39, 0.29) is 24.8 Å². The van der Waals surface area contributed by atoms with Gasteiger partial charge in [0.25, 0.3) is 0 Å². The van der Waals surface area contributed by atoms with Gasteiger partial charge in [-0.1, -0.05) is 0 Å². The Labute approximate surface area is 140 Å². The van der Waals surface area contributed by atoms with E-state index in [1.807, 2.05) is 0 Å². The number of hydrogen-bond donors (Lipinski definition) is 1. The zero-order chi connectivity index (χ0) is 13.1. The fourth-order valence-electron chi connectivity index (χ4n) is 3.50. The highest BCUT2D eigenvalue weighted by Gasteiger charge is 2.32. The third-order valence-electron chi connectivity index (χ3n) is 4.54. The molecule has 0 bridgehead atoms. The van der Waals surface area contributed by atoms with Crippen LogP contribution in [0.5, 0.6) is 0 Å². The van der Waals surface area contributed by atoms with Crippen molar-refractivity contribution in [3.8, 4) is 0 Å². The largest absolute Gasteiger partial charge is 0.381 e. The molecule has 3 rings (SSSR count). The molecule has 1 aromatic rings. The first-order valence-corrected chi connectivity index (χ1v) is 7.50. The third kappa shape index (κ3) is 4.36. The van der Waals surface area contributed by atoms with Crippen molar-refractivity contribution < 1.29 is 4.74 Å². The summed E-state index contributed by atoms with van der Waals surface area (Å²) < 4.78 is 7.84. The number of nitrogens with zero attached hydrogens (tertiary/aromatic N) is 2. The highest BCUT2D eigenvalue weighted by atomic mass is 35.5. The summed E-state index contributed by atoms with van der Waals surface area (Å²) in [6, 6.07) is 5.03. The Morgan fingerprint density at radius 2 is 1.86 bits per heavy atom. The fourth-order valence-corrected chi connectivity index (χ4v) is 3.50. The molecule has 6 heteroatoms. The third-order valence-corrected chi connectivity index (χ3v) is 4.54. The number of halogens is 2. The standard InChI is InChI=1S/C15H25N3O.2ClH/c1-17-8-2-3-14(17)15(13-4-11-19-12-5-13)18-9-6-16-7-10-18;;/h2-3,8,13,15-16H,4-7,9-12H2,1H3;2*1H/t15-;;/m1../s1. The molecule has 2 saturated heterocycles. The van der Waals surface area contributed by atoms with Gasteiger partial charge < -0.3 is 14.6 Å². The van der Waals surface area contributed by atoms with Gasteiger partial charge in [-0.05, 0) is 30.9 Å². The van der Waals surface area contributed by atoms with Crippen LogP contribution in [0, 0.1) is 5.92 Å². The van der Waals surface area contributed by atoms with Crippen molar-refractivity contribution in [3.63, 3.8) is 0 Å². The Balaban J connectivity index is 0.00000110. The van der Waals surface area contributed by atoms with Crippen LogP contribution < -0.4 is 5.32 Å². The minimum atomic E-state index is 0. The van der Waals surface area contributed by atoms with Gasteiger partial charge in [-0.15, -0.1) is 24.8 Å². The number of nitrogens with one attached hydrogen (secondary N) is 1. The average Bonchev–Trinajstić information content (AvgIpc) is 2.88. The summed E-state index contributed by atoms with van der Waals surface area (Å²) in [4.78, 5) is 2.67. The molecule has 1 N–H and O–H groups in total. The molecule has 0 aromatic carbocycles. The van der Waals surface area contributed by atoms with Crippen LogP contribution >= 0.6 is 24.8 Å². The van der Waals surface area contributed by atoms with Crippen LogP contribution in [0.1, 0.15) is 24.6 Å². The second-order valence-corrected chi connectivity index (χ2v) is 5.72. The maximum Gasteiger partial charge on any atom is 0.0531 e. The zero-order valence-electron chi connectivity index (χ0n) is 12.7. The van der Waals surface area contributed by atoms with E-state index >= 15 is 0 Å². The highest BCUT2D eigenvalue weighted by Crippen LogP contribution is 2.35. The van der Waals surface area contributed by atoms with Crippen molar-refractivity contribution in [2.75, 3.05) is 39.4 Å². The molecule has 2 fully saturated rings. The lowest BCUT2D eigenvalue weighted by Crippen LogP contribution is -2.48. The van der Waals surface area contributed by atoms with Crippen molar-refractivity contribution >= 4 is 24.8 Å². The molecule has 2 aliphatic rings. The van der Waals surface area contributed by atoms with Gasteiger partial charge in [-0.25, -0.2) is 0 Å². The molecule has 0 spiro atoms. The average molecular weight is 336 g/mol. The molecule has 1 atom stereocenters. The number of ether oxygens (including phenoxy) is 1. The summed E-state index contributed by atoms with van der Waals surface area (Å²) in [6.07, 6.45) is 4.56. The molecular weight excluding hydrogens is 309 g/mol. The number of rotatable bonds is 3. The van der Waals surface area contributed by atoms with Crippen molar-refractivity contribution in [1.82, 2.24) is 14.8 Å². The molecule has 4 nitrogen and oxygen atoms in total. The maximum atomic E-state index is 5.55. The number of aromatic nitrogens is 1. The number of hydrogen-bond acceptors (Lipinski definition) is 3. The van der Waals surface area contributed by atoms with Crippen LogP contribution in [-0.2, 0) is 11.8 Å². The molecule has 122 valence electrons. The minimum absolute atomic E-state index is 0. The number of aryl methyl sites for hydroxylation is 1. The summed E-state index contributed by atoms with van der Waals surface area (Å²) in [7, 11) is 2.17. The lowest BCUT2D eigenvalue weighted by molar-refractivity contribution is 0.0193. The van der Waals surface area contributed by atoms with Crippen molar-refractivity contribution in [2.24, 2.45) is 13.0 Å². The zero-order valence-corrected chi connectivity index (χ0v) is 14.3. The molecule has 2 aliphatic heterocycles. The number of piperazine rings is 1. The van der Waals surface area contributed by atoms with E-state index in [4.69, 9.17) is 4.74 Å². The van der Waals surface area contributed by atoms with E-state index in [0.29, 0.717) is 6.04 Å². The molecule has 0 radical (unpaired) electrons. The Kier molecular flexibility index (Phi) is 8.06. The smallest absolute Gasteiger partial charge is 0.0531 e. The molecule has 0 aliphatic carbocycles. The van der Waals surface area contributed by atoms with Crippen LogP contribution in [0.25, 0.3) is 0 Å². The SMILES string of the molecule is Cl.Cl.Cn1cccc1[C@@H](C1CCOCC1)N1CCNCC1. The van der Waals surface area contributed by atoms with Gasteiger partial charge >= 0.3 is 0 Å². The molecular formula is C15H27Cl2N3O. The molecule has 0 unspecified atom stereocenters. The molecule has 1 aromatic heterocycles. The first-order valence-electron chi connectivity index (χ1n) is 7.50. The predicted molar refractivity (Wildman–Crippen MR) is 90.6 cm³/mol. The lowest BCUT2D eigenvalue weighted by atomic mass is 9.88. The monoisotopic (exact) mass is 335 g/mol. The summed E-state index contributed by atoms with van der Waals surface area (Å²) >= 11 is 0. The van der Waals surface area contributed by atoms with Gasteiger partial charge in [0.15, 0.2) is 0 Å². The van der Waals surface area contributed by atoms with Crippen LogP contribution in [-0.4, -0.2) is 48.9 Å². The summed E-state index contributed by atoms with van der Waals surface area (Å²) in [5.74, 6) is 0.737. The Bertz CT molecular complexity index is 383. The van der Waals surface area contributed by atoms with E-state index in [0.717, 1.165) is 45.3 Å². The van der Waals surface area contributed by atoms with Gasteiger partial charge in [0.05, 0.1) is 6.04 Å². The van der Waals surface area contributed by atoms with Crippen molar-refractivity contribution in [1.29, 1.82) is 0 Å². The first kappa shape index (κ1) is 18.8. The van der Waals surface area contributed by atoms with Gasteiger partial charge in [-0.2, -0.15) is 0 Å². The molecule has 3 heterocycles. The second kappa shape index (κ2) is 9.01. The van der Waals surface area contributed by atoms with Gasteiger partial charge in [-0.3, -0.25) is 4.90 Å². The molecule has 0 saturated carbocycles. The predicted octanol–water partition coefficient (Wildman–Crippen LogP) is 2.24. The van der Waals surface area contributed by atoms with E-state index in [1.165, 1.54) is 18.5 Å². The van der Waals surface area contributed by atoms with Gasteiger partial charge in [0.1, 0.15) is 0 Å². The Morgan fingerprint density at radius 1 is 1.19 bits per heavy atom. The minimum Gasteiger partial charge on any atom is -0.381 e. The summed E-state index contributed by atoms with van der Waals surface area (Å²) in [5, 5.41) is 3.46. The lowest BCUT2D eigenvalue weighted by Gasteiger charge is -2.41. The van der Waals surface area contributed by atoms with Crippen LogP contribution in [0.4, 0.5) is 0 Å². The second-order valence-electron chi connectivity index (χ2n) is 5.72. The quantitative estimate of drug-likeness (QED) is 0.918. The fraction of sp³-hybridized carbons (Fsp3) is 0.733. The van der Waals surface area contributed by atoms with Crippen LogP contribution in [0.15, 0.2) is 18.3 Å². The van der Waals surface area contributed by atoms with Crippen molar-refractivity contribution in [2.45, 2.75) is 18.9 Å². The van der Waals surface area contributed by atoms with E-state index < -0.39 is 0 Å². The van der Waals surface area contributed by atoms with Crippen molar-refractivity contribution in [3.05, 3.63) is 24.0 Å². The van der Waals surface area contributed by atoms with E-state index in [1.54, 1.807) is 0 Å². The normalized spacial score (nSPS) is 22.1. The highest BCUT2D eigenvalue weighted by molar-refractivity contribution is 5.85. The Hall–Kier alpha value is -0.260. The Morgan fingerprint density at radius 3 is 2.43 bits per heavy atom. The van der Waals surface area contributed by atoms with Crippen LogP contribution in [0.3, 0.4) is 0 Å². The summed E-state index contributed by atoms with van der Waals surface area (Å²) in [5.41, 5.74) is 1.47. The maximum absolute atomic E-state index is 5.55. The van der Waals surface area contributed by atoms with E-state index in [2.05, 4.69) is 40.2 Å².